The summed E-state index contributed by atoms with van der Waals surface area (Å²) in [5, 5.41) is 0. The zero-order chi connectivity index (χ0) is 50.7. The first-order chi connectivity index (χ1) is 34.5. The number of hydrogen-bond acceptors (Lipinski definition) is 6. The van der Waals surface area contributed by atoms with Crippen molar-refractivity contribution in [2.45, 2.75) is 264 Å². The molecule has 0 aliphatic carbocycles. The highest BCUT2D eigenvalue weighted by atomic mass is 16.6. The number of carbonyl (C=O) groups excluding carboxylic acids is 3. The molecule has 0 aromatic carbocycles. The molecule has 6 heteroatoms. The Kier molecular flexibility index (Phi) is 54.4. The Morgan fingerprint density at radius 3 is 0.900 bits per heavy atom. The molecule has 0 fully saturated rings. The SMILES string of the molecule is CC/C=C\C/C=C\C/C=C\C/C=C\C/C=C\C/C=C\C/C=C\CCCCCC(=O)OCC(COC(=O)CCCCCCCCCCCCC)OC(=O)CCCCCCC/C=C\C/C=C\CCCCCC. The van der Waals surface area contributed by atoms with Gasteiger partial charge in [-0.3, -0.25) is 14.4 Å². The van der Waals surface area contributed by atoms with E-state index in [1.54, 1.807) is 0 Å². The number of unbranched alkanes of at least 4 members (excludes halogenated alkanes) is 22. The molecule has 0 spiro atoms. The van der Waals surface area contributed by atoms with Crippen molar-refractivity contribution in [3.05, 3.63) is 109 Å². The number of rotatable bonds is 51. The molecule has 0 N–H and O–H groups in total. The van der Waals surface area contributed by atoms with E-state index in [4.69, 9.17) is 14.2 Å². The molecule has 398 valence electrons. The lowest BCUT2D eigenvalue weighted by Crippen LogP contribution is -2.30. The first kappa shape index (κ1) is 66.1. The molecule has 70 heavy (non-hydrogen) atoms. The van der Waals surface area contributed by atoms with Gasteiger partial charge in [0.2, 0.25) is 0 Å². The smallest absolute Gasteiger partial charge is 0.306 e. The molecule has 0 aromatic heterocycles. The number of hydrogen-bond donors (Lipinski definition) is 0. The second-order valence-electron chi connectivity index (χ2n) is 18.8. The summed E-state index contributed by atoms with van der Waals surface area (Å²) in [6.45, 7) is 6.46. The standard InChI is InChI=1S/C64H106O6/c1-4-7-10-13-16-19-22-24-26-28-29-30-31-32-33-34-35-36-38-39-42-45-48-51-54-57-63(66)69-60-61(59-68-62(65)56-53-50-47-44-41-21-18-15-12-9-6-3)70-64(67)58-55-52-49-46-43-40-37-27-25-23-20-17-14-11-8-5-2/h7,10,16,19-20,23-24,26-27,29-30,32-33,35-37,39,42,61H,4-6,8-9,11-15,17-18,21-22,25,28,31,34,38,40-41,43-60H2,1-3H3/b10-7-,19-16-,23-20-,26-24-,30-29-,33-32-,36-35-,37-27-,42-39-. The highest BCUT2D eigenvalue weighted by molar-refractivity contribution is 5.71. The summed E-state index contributed by atoms with van der Waals surface area (Å²) < 4.78 is 16.8. The predicted molar refractivity (Wildman–Crippen MR) is 302 cm³/mol. The molecule has 0 aromatic rings. The average Bonchev–Trinajstić information content (AvgIpc) is 3.36. The molecule has 0 bridgehead atoms. The van der Waals surface area contributed by atoms with Crippen molar-refractivity contribution >= 4 is 17.9 Å². The largest absolute Gasteiger partial charge is 0.462 e. The third-order valence-corrected chi connectivity index (χ3v) is 12.0. The number of allylic oxidation sites excluding steroid dienone is 18. The highest BCUT2D eigenvalue weighted by Crippen LogP contribution is 2.14. The molecular formula is C64H106O6. The molecule has 0 saturated heterocycles. The topological polar surface area (TPSA) is 78.9 Å². The van der Waals surface area contributed by atoms with Crippen molar-refractivity contribution < 1.29 is 28.6 Å². The maximum atomic E-state index is 12.8. The van der Waals surface area contributed by atoms with Crippen LogP contribution in [0.15, 0.2) is 109 Å². The minimum Gasteiger partial charge on any atom is -0.462 e. The van der Waals surface area contributed by atoms with Gasteiger partial charge in [0.25, 0.3) is 0 Å². The normalized spacial score (nSPS) is 12.9. The molecule has 0 aliphatic rings. The van der Waals surface area contributed by atoms with Gasteiger partial charge in [-0.1, -0.05) is 239 Å². The Hall–Kier alpha value is -3.93. The lowest BCUT2D eigenvalue weighted by atomic mass is 10.1. The zero-order valence-corrected chi connectivity index (χ0v) is 45.5. The molecule has 0 heterocycles. The number of ether oxygens (including phenoxy) is 3. The Morgan fingerprint density at radius 1 is 0.300 bits per heavy atom. The van der Waals surface area contributed by atoms with E-state index in [9.17, 15) is 14.4 Å². The second-order valence-corrected chi connectivity index (χ2v) is 18.8. The van der Waals surface area contributed by atoms with Gasteiger partial charge in [-0.25, -0.2) is 0 Å². The third kappa shape index (κ3) is 55.0. The van der Waals surface area contributed by atoms with Gasteiger partial charge in [-0.05, 0) is 109 Å². The Bertz CT molecular complexity index is 1440. The van der Waals surface area contributed by atoms with E-state index in [2.05, 4.69) is 130 Å². The van der Waals surface area contributed by atoms with E-state index < -0.39 is 6.10 Å². The van der Waals surface area contributed by atoms with Crippen LogP contribution in [-0.2, 0) is 28.6 Å². The Morgan fingerprint density at radius 2 is 0.557 bits per heavy atom. The summed E-state index contributed by atoms with van der Waals surface area (Å²) in [6, 6.07) is 0. The van der Waals surface area contributed by atoms with Gasteiger partial charge in [0.1, 0.15) is 13.2 Å². The molecule has 1 unspecified atom stereocenters. The van der Waals surface area contributed by atoms with Gasteiger partial charge in [-0.15, -0.1) is 0 Å². The molecular weight excluding hydrogens is 865 g/mol. The van der Waals surface area contributed by atoms with Crippen LogP contribution in [0.3, 0.4) is 0 Å². The van der Waals surface area contributed by atoms with Crippen molar-refractivity contribution in [3.8, 4) is 0 Å². The van der Waals surface area contributed by atoms with Gasteiger partial charge in [-0.2, -0.15) is 0 Å². The van der Waals surface area contributed by atoms with Crippen molar-refractivity contribution in [3.63, 3.8) is 0 Å². The fourth-order valence-corrected chi connectivity index (χ4v) is 7.69. The molecule has 0 rings (SSSR count). The summed E-state index contributed by atoms with van der Waals surface area (Å²) in [5.41, 5.74) is 0. The lowest BCUT2D eigenvalue weighted by Gasteiger charge is -2.18. The van der Waals surface area contributed by atoms with Crippen LogP contribution < -0.4 is 0 Å². The van der Waals surface area contributed by atoms with Crippen molar-refractivity contribution in [2.24, 2.45) is 0 Å². The van der Waals surface area contributed by atoms with Gasteiger partial charge in [0.15, 0.2) is 6.10 Å². The first-order valence-corrected chi connectivity index (χ1v) is 28.9. The quantitative estimate of drug-likeness (QED) is 0.0262. The predicted octanol–water partition coefficient (Wildman–Crippen LogP) is 19.5. The van der Waals surface area contributed by atoms with Gasteiger partial charge in [0, 0.05) is 19.3 Å². The minimum absolute atomic E-state index is 0.0942. The second kappa shape index (κ2) is 57.6. The van der Waals surface area contributed by atoms with E-state index in [1.165, 1.54) is 83.5 Å². The van der Waals surface area contributed by atoms with E-state index in [0.717, 1.165) is 135 Å². The third-order valence-electron chi connectivity index (χ3n) is 12.0. The molecule has 0 saturated carbocycles. The molecule has 0 amide bonds. The maximum absolute atomic E-state index is 12.8. The monoisotopic (exact) mass is 971 g/mol. The summed E-state index contributed by atoms with van der Waals surface area (Å²) in [4.78, 5) is 38.1. The lowest BCUT2D eigenvalue weighted by molar-refractivity contribution is -0.167. The van der Waals surface area contributed by atoms with Crippen LogP contribution in [-0.4, -0.2) is 37.2 Å². The molecule has 0 aliphatic heterocycles. The van der Waals surface area contributed by atoms with Crippen molar-refractivity contribution in [1.29, 1.82) is 0 Å². The van der Waals surface area contributed by atoms with Crippen LogP contribution in [0.1, 0.15) is 258 Å². The molecule has 0 radical (unpaired) electrons. The van der Waals surface area contributed by atoms with Crippen LogP contribution in [0.5, 0.6) is 0 Å². The number of esters is 3. The van der Waals surface area contributed by atoms with E-state index in [1.807, 2.05) is 0 Å². The van der Waals surface area contributed by atoms with Crippen molar-refractivity contribution in [1.82, 2.24) is 0 Å². The van der Waals surface area contributed by atoms with Crippen LogP contribution in [0, 0.1) is 0 Å². The summed E-state index contributed by atoms with van der Waals surface area (Å²) in [7, 11) is 0. The average molecular weight is 972 g/mol. The minimum atomic E-state index is -0.799. The van der Waals surface area contributed by atoms with Gasteiger partial charge < -0.3 is 14.2 Å². The Labute approximate surface area is 431 Å². The van der Waals surface area contributed by atoms with Crippen LogP contribution in [0.4, 0.5) is 0 Å². The van der Waals surface area contributed by atoms with Crippen molar-refractivity contribution in [2.75, 3.05) is 13.2 Å². The zero-order valence-electron chi connectivity index (χ0n) is 45.5. The highest BCUT2D eigenvalue weighted by Gasteiger charge is 2.19. The summed E-state index contributed by atoms with van der Waals surface area (Å²) in [6.07, 6.45) is 77.9. The van der Waals surface area contributed by atoms with Crippen LogP contribution >= 0.6 is 0 Å². The van der Waals surface area contributed by atoms with Gasteiger partial charge in [0.05, 0.1) is 0 Å². The Balaban J connectivity index is 4.42. The fraction of sp³-hybridized carbons (Fsp3) is 0.672. The first-order valence-electron chi connectivity index (χ1n) is 28.9. The summed E-state index contributed by atoms with van der Waals surface area (Å²) in [5.74, 6) is -0.942. The summed E-state index contributed by atoms with van der Waals surface area (Å²) >= 11 is 0. The fourth-order valence-electron chi connectivity index (χ4n) is 7.69. The maximum Gasteiger partial charge on any atom is 0.306 e. The van der Waals surface area contributed by atoms with Gasteiger partial charge >= 0.3 is 17.9 Å². The van der Waals surface area contributed by atoms with E-state index >= 15 is 0 Å². The molecule has 6 nitrogen and oxygen atoms in total. The van der Waals surface area contributed by atoms with Crippen LogP contribution in [0.2, 0.25) is 0 Å². The van der Waals surface area contributed by atoms with Crippen LogP contribution in [0.25, 0.3) is 0 Å². The number of carbonyl (C=O) groups is 3. The van der Waals surface area contributed by atoms with E-state index in [0.29, 0.717) is 19.3 Å². The van der Waals surface area contributed by atoms with E-state index in [-0.39, 0.29) is 31.1 Å². The molecule has 1 atom stereocenters.